The number of carbonyl (C=O) groups excluding carboxylic acids is 2. The summed E-state index contributed by atoms with van der Waals surface area (Å²) in [6, 6.07) is 2.17. The maximum atomic E-state index is 12.0. The van der Waals surface area contributed by atoms with Gasteiger partial charge < -0.3 is 10.1 Å². The van der Waals surface area contributed by atoms with E-state index in [1.54, 1.807) is 0 Å². The van der Waals surface area contributed by atoms with Crippen molar-refractivity contribution in [3.05, 3.63) is 22.2 Å². The second kappa shape index (κ2) is 7.95. The number of rotatable bonds is 6. The summed E-state index contributed by atoms with van der Waals surface area (Å²) >= 11 is 11.9. The molecule has 1 amide bonds. The Hall–Kier alpha value is -1.35. The van der Waals surface area contributed by atoms with Crippen LogP contribution in [0.15, 0.2) is 17.0 Å². The van der Waals surface area contributed by atoms with E-state index in [0.29, 0.717) is 18.3 Å². The van der Waals surface area contributed by atoms with E-state index in [1.807, 2.05) is 0 Å². The number of esters is 1. The van der Waals surface area contributed by atoms with Crippen molar-refractivity contribution in [3.63, 3.8) is 0 Å². The van der Waals surface area contributed by atoms with Crippen LogP contribution in [-0.2, 0) is 24.3 Å². The summed E-state index contributed by atoms with van der Waals surface area (Å²) in [7, 11) is -3.98. The molecule has 148 valence electrons. The van der Waals surface area contributed by atoms with Crippen molar-refractivity contribution in [3.8, 4) is 0 Å². The molecule has 2 aliphatic carbocycles. The van der Waals surface area contributed by atoms with Crippen molar-refractivity contribution in [1.29, 1.82) is 0 Å². The topological polar surface area (TPSA) is 116 Å². The molecule has 0 radical (unpaired) electrons. The summed E-state index contributed by atoms with van der Waals surface area (Å²) in [6.07, 6.45) is 5.02. The molecular formula is C17H20Cl2N2O5S. The second-order valence-corrected chi connectivity index (χ2v) is 9.53. The molecule has 10 heteroatoms. The molecule has 3 N–H and O–H groups in total. The Morgan fingerprint density at radius 3 is 2.37 bits per heavy atom. The van der Waals surface area contributed by atoms with Crippen molar-refractivity contribution < 1.29 is 22.7 Å². The molecule has 2 bridgehead atoms. The summed E-state index contributed by atoms with van der Waals surface area (Å²) in [6.45, 7) is -0.469. The Balaban J connectivity index is 1.52. The van der Waals surface area contributed by atoms with Crippen LogP contribution in [0.25, 0.3) is 0 Å². The fourth-order valence-corrected chi connectivity index (χ4v) is 5.33. The number of primary sulfonamides is 1. The average molecular weight is 435 g/mol. The number of nitrogens with two attached hydrogens (primary N) is 1. The number of sulfonamides is 1. The monoisotopic (exact) mass is 434 g/mol. The standard InChI is InChI=1S/C17H20Cl2N2O5S/c18-13-6-12(27(20,24)25)7-14(19)17(13)21-15(22)8-26-16(23)5-11-4-9-1-2-10(11)3-9/h6-7,9-11H,1-5,8H2,(H,21,22)(H2,20,24,25)/t9-,10-,11-/m1/s1. The summed E-state index contributed by atoms with van der Waals surface area (Å²) < 4.78 is 27.8. The highest BCUT2D eigenvalue weighted by Crippen LogP contribution is 2.49. The number of nitrogens with one attached hydrogen (secondary N) is 1. The van der Waals surface area contributed by atoms with E-state index in [1.165, 1.54) is 19.3 Å². The van der Waals surface area contributed by atoms with Crippen LogP contribution in [0.5, 0.6) is 0 Å². The summed E-state index contributed by atoms with van der Waals surface area (Å²) in [5.74, 6) is 0.675. The van der Waals surface area contributed by atoms with Gasteiger partial charge in [0.2, 0.25) is 10.0 Å². The summed E-state index contributed by atoms with van der Waals surface area (Å²) in [5.41, 5.74) is 0.0277. The van der Waals surface area contributed by atoms with Gasteiger partial charge in [0.25, 0.3) is 5.91 Å². The third-order valence-corrected chi connectivity index (χ3v) is 6.78. The zero-order valence-electron chi connectivity index (χ0n) is 14.4. The van der Waals surface area contributed by atoms with Crippen LogP contribution in [0, 0.1) is 17.8 Å². The van der Waals surface area contributed by atoms with Gasteiger partial charge in [-0.25, -0.2) is 13.6 Å². The van der Waals surface area contributed by atoms with Crippen LogP contribution in [0.4, 0.5) is 5.69 Å². The molecule has 27 heavy (non-hydrogen) atoms. The molecule has 0 unspecified atom stereocenters. The SMILES string of the molecule is NS(=O)(=O)c1cc(Cl)c(NC(=O)COC(=O)C[C@H]2C[C@@H]3CC[C@@H]2C3)c(Cl)c1. The van der Waals surface area contributed by atoms with Crippen LogP contribution in [-0.4, -0.2) is 26.9 Å². The number of fused-ring (bicyclic) bond motifs is 2. The number of carbonyl (C=O) groups is 2. The van der Waals surface area contributed by atoms with Crippen LogP contribution in [0.2, 0.25) is 10.0 Å². The molecule has 0 spiro atoms. The third kappa shape index (κ3) is 4.93. The second-order valence-electron chi connectivity index (χ2n) is 7.15. The molecule has 2 aliphatic rings. The van der Waals surface area contributed by atoms with E-state index in [-0.39, 0.29) is 20.6 Å². The van der Waals surface area contributed by atoms with Crippen molar-refractivity contribution in [2.24, 2.45) is 22.9 Å². The molecule has 0 saturated heterocycles. The number of amides is 1. The molecule has 3 rings (SSSR count). The Labute approximate surface area is 167 Å². The first-order valence-corrected chi connectivity index (χ1v) is 10.9. The Kier molecular flexibility index (Phi) is 6.00. The van der Waals surface area contributed by atoms with Gasteiger partial charge in [0.15, 0.2) is 6.61 Å². The van der Waals surface area contributed by atoms with Gasteiger partial charge in [-0.3, -0.25) is 9.59 Å². The fraction of sp³-hybridized carbons (Fsp3) is 0.529. The highest BCUT2D eigenvalue weighted by molar-refractivity contribution is 7.89. The van der Waals surface area contributed by atoms with Gasteiger partial charge in [0.1, 0.15) is 0 Å². The summed E-state index contributed by atoms with van der Waals surface area (Å²) in [5, 5.41) is 7.26. The first kappa shape index (κ1) is 20.4. The summed E-state index contributed by atoms with van der Waals surface area (Å²) in [4.78, 5) is 23.7. The van der Waals surface area contributed by atoms with Crippen LogP contribution in [0.1, 0.15) is 32.1 Å². The van der Waals surface area contributed by atoms with E-state index >= 15 is 0 Å². The van der Waals surface area contributed by atoms with Gasteiger partial charge in [-0.05, 0) is 49.1 Å². The normalized spacial score (nSPS) is 24.0. The Morgan fingerprint density at radius 1 is 1.19 bits per heavy atom. The highest BCUT2D eigenvalue weighted by atomic mass is 35.5. The molecule has 2 saturated carbocycles. The quantitative estimate of drug-likeness (QED) is 0.667. The van der Waals surface area contributed by atoms with Gasteiger partial charge in [-0.2, -0.15) is 0 Å². The molecular weight excluding hydrogens is 415 g/mol. The van der Waals surface area contributed by atoms with E-state index in [4.69, 9.17) is 33.1 Å². The van der Waals surface area contributed by atoms with E-state index in [2.05, 4.69) is 5.32 Å². The first-order chi connectivity index (χ1) is 12.6. The van der Waals surface area contributed by atoms with E-state index in [9.17, 15) is 18.0 Å². The molecule has 2 fully saturated rings. The molecule has 1 aromatic carbocycles. The number of benzene rings is 1. The van der Waals surface area contributed by atoms with Gasteiger partial charge in [0, 0.05) is 6.42 Å². The fourth-order valence-electron chi connectivity index (χ4n) is 4.05. The van der Waals surface area contributed by atoms with Gasteiger partial charge in [-0.15, -0.1) is 0 Å². The lowest BCUT2D eigenvalue weighted by molar-refractivity contribution is -0.148. The predicted molar refractivity (Wildman–Crippen MR) is 101 cm³/mol. The molecule has 3 atom stereocenters. The Bertz CT molecular complexity index is 851. The first-order valence-electron chi connectivity index (χ1n) is 8.61. The van der Waals surface area contributed by atoms with E-state index in [0.717, 1.165) is 24.5 Å². The van der Waals surface area contributed by atoms with Crippen molar-refractivity contribution in [1.82, 2.24) is 0 Å². The lowest BCUT2D eigenvalue weighted by Gasteiger charge is -2.20. The molecule has 0 aliphatic heterocycles. The van der Waals surface area contributed by atoms with Gasteiger partial charge in [0.05, 0.1) is 20.6 Å². The van der Waals surface area contributed by atoms with Crippen LogP contribution in [0.3, 0.4) is 0 Å². The van der Waals surface area contributed by atoms with Crippen LogP contribution >= 0.6 is 23.2 Å². The molecule has 7 nitrogen and oxygen atoms in total. The average Bonchev–Trinajstić information content (AvgIpc) is 3.18. The van der Waals surface area contributed by atoms with E-state index < -0.39 is 28.5 Å². The zero-order chi connectivity index (χ0) is 19.8. The zero-order valence-corrected chi connectivity index (χ0v) is 16.7. The minimum absolute atomic E-state index is 0.0277. The highest BCUT2D eigenvalue weighted by Gasteiger charge is 2.40. The number of anilines is 1. The smallest absolute Gasteiger partial charge is 0.306 e. The number of hydrogen-bond acceptors (Lipinski definition) is 5. The van der Waals surface area contributed by atoms with Gasteiger partial charge in [-0.1, -0.05) is 29.6 Å². The molecule has 1 aromatic rings. The molecule has 0 aromatic heterocycles. The lowest BCUT2D eigenvalue weighted by atomic mass is 9.86. The van der Waals surface area contributed by atoms with Gasteiger partial charge >= 0.3 is 5.97 Å². The lowest BCUT2D eigenvalue weighted by Crippen LogP contribution is -2.23. The Morgan fingerprint density at radius 2 is 1.85 bits per heavy atom. The maximum absolute atomic E-state index is 12.0. The predicted octanol–water partition coefficient (Wildman–Crippen LogP) is 2.95. The number of hydrogen-bond donors (Lipinski definition) is 2. The molecule has 0 heterocycles. The third-order valence-electron chi connectivity index (χ3n) is 5.29. The van der Waals surface area contributed by atoms with Crippen molar-refractivity contribution in [2.75, 3.05) is 11.9 Å². The van der Waals surface area contributed by atoms with Crippen molar-refractivity contribution >= 4 is 50.8 Å². The van der Waals surface area contributed by atoms with Crippen LogP contribution < -0.4 is 10.5 Å². The number of ether oxygens (including phenoxy) is 1. The minimum atomic E-state index is -3.98. The number of halogens is 2. The minimum Gasteiger partial charge on any atom is -0.456 e. The maximum Gasteiger partial charge on any atom is 0.306 e. The van der Waals surface area contributed by atoms with Crippen molar-refractivity contribution in [2.45, 2.75) is 37.0 Å². The largest absolute Gasteiger partial charge is 0.456 e.